The Balaban J connectivity index is 2.34. The second kappa shape index (κ2) is 6.61. The van der Waals surface area contributed by atoms with Crippen LogP contribution in [0.15, 0.2) is 0 Å². The van der Waals surface area contributed by atoms with Crippen molar-refractivity contribution in [1.29, 1.82) is 0 Å². The van der Waals surface area contributed by atoms with E-state index in [-0.39, 0.29) is 0 Å². The van der Waals surface area contributed by atoms with Crippen molar-refractivity contribution in [2.75, 3.05) is 20.1 Å². The van der Waals surface area contributed by atoms with Crippen LogP contribution in [-0.4, -0.2) is 37.1 Å². The summed E-state index contributed by atoms with van der Waals surface area (Å²) in [7, 11) is 2.27. The molecule has 1 saturated heterocycles. The van der Waals surface area contributed by atoms with Crippen LogP contribution in [0.3, 0.4) is 0 Å². The van der Waals surface area contributed by atoms with Crippen LogP contribution < -0.4 is 5.32 Å². The second-order valence-electron chi connectivity index (χ2n) is 6.10. The third-order valence-corrected chi connectivity index (χ3v) is 3.98. The summed E-state index contributed by atoms with van der Waals surface area (Å²) in [6, 6.07) is 1.41. The van der Waals surface area contributed by atoms with Crippen LogP contribution in [0.25, 0.3) is 0 Å². The molecule has 0 spiro atoms. The first-order chi connectivity index (χ1) is 7.50. The van der Waals surface area contributed by atoms with E-state index < -0.39 is 0 Å². The molecule has 1 N–H and O–H groups in total. The number of nitrogens with one attached hydrogen (secondary N) is 1. The van der Waals surface area contributed by atoms with Crippen molar-refractivity contribution in [2.45, 2.75) is 59.0 Å². The summed E-state index contributed by atoms with van der Waals surface area (Å²) in [5.41, 5.74) is 0. The molecule has 16 heavy (non-hydrogen) atoms. The Bertz CT molecular complexity index is 191. The Labute approximate surface area is 102 Å². The Kier molecular flexibility index (Phi) is 5.77. The van der Waals surface area contributed by atoms with E-state index >= 15 is 0 Å². The molecule has 0 saturated carbocycles. The molecule has 0 aliphatic carbocycles. The smallest absolute Gasteiger partial charge is 0.0220 e. The van der Waals surface area contributed by atoms with Crippen molar-refractivity contribution in [1.82, 2.24) is 10.2 Å². The zero-order chi connectivity index (χ0) is 12.1. The highest BCUT2D eigenvalue weighted by atomic mass is 15.2. The Morgan fingerprint density at radius 3 is 2.56 bits per heavy atom. The van der Waals surface area contributed by atoms with Crippen molar-refractivity contribution < 1.29 is 0 Å². The predicted molar refractivity (Wildman–Crippen MR) is 71.7 cm³/mol. The first-order valence-electron chi connectivity index (χ1n) is 6.94. The third-order valence-electron chi connectivity index (χ3n) is 3.98. The SMILES string of the molecule is CC(C)CC(C)N(C)CC1NCCCC1C. The van der Waals surface area contributed by atoms with Gasteiger partial charge in [-0.05, 0) is 51.6 Å². The maximum Gasteiger partial charge on any atom is 0.0220 e. The van der Waals surface area contributed by atoms with Gasteiger partial charge in [0.25, 0.3) is 0 Å². The Hall–Kier alpha value is -0.0800. The van der Waals surface area contributed by atoms with Crippen molar-refractivity contribution in [3.63, 3.8) is 0 Å². The van der Waals surface area contributed by atoms with Gasteiger partial charge in [-0.25, -0.2) is 0 Å². The Morgan fingerprint density at radius 2 is 2.00 bits per heavy atom. The van der Waals surface area contributed by atoms with Crippen LogP contribution in [0, 0.1) is 11.8 Å². The molecular weight excluding hydrogens is 196 g/mol. The van der Waals surface area contributed by atoms with E-state index in [0.717, 1.165) is 11.8 Å². The average Bonchev–Trinajstić information content (AvgIpc) is 2.20. The van der Waals surface area contributed by atoms with E-state index in [1.807, 2.05) is 0 Å². The number of nitrogens with zero attached hydrogens (tertiary/aromatic N) is 1. The van der Waals surface area contributed by atoms with Crippen molar-refractivity contribution in [2.24, 2.45) is 11.8 Å². The van der Waals surface area contributed by atoms with Gasteiger partial charge in [0.05, 0.1) is 0 Å². The van der Waals surface area contributed by atoms with Crippen molar-refractivity contribution in [3.8, 4) is 0 Å². The molecule has 0 aromatic rings. The maximum atomic E-state index is 3.67. The molecule has 0 radical (unpaired) electrons. The molecule has 2 heteroatoms. The van der Waals surface area contributed by atoms with Crippen LogP contribution in [0.2, 0.25) is 0 Å². The molecule has 1 fully saturated rings. The lowest BCUT2D eigenvalue weighted by molar-refractivity contribution is 0.169. The normalized spacial score (nSPS) is 28.7. The second-order valence-corrected chi connectivity index (χ2v) is 6.10. The highest BCUT2D eigenvalue weighted by Crippen LogP contribution is 2.18. The van der Waals surface area contributed by atoms with Gasteiger partial charge >= 0.3 is 0 Å². The molecule has 0 aromatic carbocycles. The summed E-state index contributed by atoms with van der Waals surface area (Å²) in [6.07, 6.45) is 4.05. The van der Waals surface area contributed by atoms with Gasteiger partial charge in [0.15, 0.2) is 0 Å². The molecule has 1 aliphatic rings. The molecule has 2 nitrogen and oxygen atoms in total. The first kappa shape index (κ1) is 14.0. The van der Waals surface area contributed by atoms with Gasteiger partial charge < -0.3 is 10.2 Å². The van der Waals surface area contributed by atoms with E-state index in [4.69, 9.17) is 0 Å². The lowest BCUT2D eigenvalue weighted by Crippen LogP contribution is -2.49. The summed E-state index contributed by atoms with van der Waals surface area (Å²) in [5, 5.41) is 3.67. The highest BCUT2D eigenvalue weighted by Gasteiger charge is 2.23. The molecule has 0 aromatic heterocycles. The zero-order valence-electron chi connectivity index (χ0n) is 11.8. The molecule has 3 unspecified atom stereocenters. The third kappa shape index (κ3) is 4.42. The summed E-state index contributed by atoms with van der Waals surface area (Å²) in [5.74, 6) is 1.64. The van der Waals surface area contributed by atoms with Gasteiger partial charge in [-0.3, -0.25) is 0 Å². The molecule has 96 valence electrons. The molecular formula is C14H30N2. The van der Waals surface area contributed by atoms with Gasteiger partial charge in [-0.2, -0.15) is 0 Å². The molecule has 1 rings (SSSR count). The first-order valence-corrected chi connectivity index (χ1v) is 6.94. The summed E-state index contributed by atoms with van der Waals surface area (Å²) in [4.78, 5) is 2.53. The zero-order valence-corrected chi connectivity index (χ0v) is 11.8. The molecule has 1 heterocycles. The van der Waals surface area contributed by atoms with E-state index in [1.165, 1.54) is 32.4 Å². The number of hydrogen-bond donors (Lipinski definition) is 1. The van der Waals surface area contributed by atoms with Crippen LogP contribution in [0.5, 0.6) is 0 Å². The highest BCUT2D eigenvalue weighted by molar-refractivity contribution is 4.82. The van der Waals surface area contributed by atoms with Gasteiger partial charge in [-0.15, -0.1) is 0 Å². The van der Waals surface area contributed by atoms with E-state index in [0.29, 0.717) is 12.1 Å². The van der Waals surface area contributed by atoms with Crippen LogP contribution in [-0.2, 0) is 0 Å². The lowest BCUT2D eigenvalue weighted by atomic mass is 9.92. The van der Waals surface area contributed by atoms with Crippen LogP contribution >= 0.6 is 0 Å². The fourth-order valence-corrected chi connectivity index (χ4v) is 2.71. The van der Waals surface area contributed by atoms with Gasteiger partial charge in [-0.1, -0.05) is 20.8 Å². The van der Waals surface area contributed by atoms with E-state index in [9.17, 15) is 0 Å². The van der Waals surface area contributed by atoms with E-state index in [2.05, 4.69) is 45.0 Å². The fourth-order valence-electron chi connectivity index (χ4n) is 2.71. The minimum absolute atomic E-state index is 0.702. The lowest BCUT2D eigenvalue weighted by Gasteiger charge is -2.36. The predicted octanol–water partition coefficient (Wildman–Crippen LogP) is 2.74. The summed E-state index contributed by atoms with van der Waals surface area (Å²) < 4.78 is 0. The maximum absolute atomic E-state index is 3.67. The van der Waals surface area contributed by atoms with Gasteiger partial charge in [0.2, 0.25) is 0 Å². The number of hydrogen-bond acceptors (Lipinski definition) is 2. The minimum Gasteiger partial charge on any atom is -0.312 e. The van der Waals surface area contributed by atoms with Crippen LogP contribution in [0.1, 0.15) is 47.0 Å². The largest absolute Gasteiger partial charge is 0.312 e. The number of likely N-dealkylation sites (N-methyl/N-ethyl adjacent to an activating group) is 1. The average molecular weight is 226 g/mol. The van der Waals surface area contributed by atoms with Gasteiger partial charge in [0.1, 0.15) is 0 Å². The number of rotatable bonds is 5. The quantitative estimate of drug-likeness (QED) is 0.775. The minimum atomic E-state index is 0.702. The standard InChI is InChI=1S/C14H30N2/c1-11(2)9-13(4)16(5)10-14-12(3)7-6-8-15-14/h11-15H,6-10H2,1-5H3. The van der Waals surface area contributed by atoms with Crippen molar-refractivity contribution >= 4 is 0 Å². The summed E-state index contributed by atoms with van der Waals surface area (Å²) in [6.45, 7) is 11.8. The topological polar surface area (TPSA) is 15.3 Å². The molecule has 1 aliphatic heterocycles. The number of piperidine rings is 1. The van der Waals surface area contributed by atoms with Crippen molar-refractivity contribution in [3.05, 3.63) is 0 Å². The van der Waals surface area contributed by atoms with E-state index in [1.54, 1.807) is 0 Å². The molecule has 3 atom stereocenters. The Morgan fingerprint density at radius 1 is 1.31 bits per heavy atom. The summed E-state index contributed by atoms with van der Waals surface area (Å²) >= 11 is 0. The van der Waals surface area contributed by atoms with Crippen LogP contribution in [0.4, 0.5) is 0 Å². The van der Waals surface area contributed by atoms with Gasteiger partial charge in [0, 0.05) is 18.6 Å². The molecule has 0 amide bonds. The monoisotopic (exact) mass is 226 g/mol. The fraction of sp³-hybridized carbons (Fsp3) is 1.00. The molecule has 0 bridgehead atoms.